The minimum Gasteiger partial charge on any atom is -0.494 e. The van der Waals surface area contributed by atoms with E-state index in [4.69, 9.17) is 5.11 Å². The van der Waals surface area contributed by atoms with E-state index in [1.54, 1.807) is 6.07 Å². The zero-order chi connectivity index (χ0) is 19.1. The number of aliphatic hydroxyl groups is 1. The summed E-state index contributed by atoms with van der Waals surface area (Å²) >= 11 is 0. The standard InChI is InChI=1S/C20H20FN3O3/c1-10-16(19(26)22-7-8-25)12-3-2-4-13(18(12)23-10)17-14-9-11(21)5-6-15(14)24-20(17)27/h4-6,9,23-25,27H,2-3,7-8H2,1H3,(H,22,26). The molecule has 27 heavy (non-hydrogen) atoms. The molecule has 0 bridgehead atoms. The third-order valence-corrected chi connectivity index (χ3v) is 4.94. The first-order chi connectivity index (χ1) is 13.0. The van der Waals surface area contributed by atoms with Crippen molar-refractivity contribution >= 4 is 22.4 Å². The van der Waals surface area contributed by atoms with Crippen LogP contribution in [-0.2, 0) is 6.42 Å². The Bertz CT molecular complexity index is 1080. The topological polar surface area (TPSA) is 101 Å². The molecule has 1 amide bonds. The van der Waals surface area contributed by atoms with Gasteiger partial charge < -0.3 is 25.5 Å². The van der Waals surface area contributed by atoms with E-state index in [2.05, 4.69) is 15.3 Å². The molecule has 140 valence electrons. The maximum atomic E-state index is 13.8. The average molecular weight is 369 g/mol. The Balaban J connectivity index is 1.85. The Kier molecular flexibility index (Phi) is 4.24. The van der Waals surface area contributed by atoms with Crippen LogP contribution in [0, 0.1) is 12.7 Å². The number of amides is 1. The molecule has 0 unspecified atom stereocenters. The van der Waals surface area contributed by atoms with Gasteiger partial charge in [0.1, 0.15) is 5.82 Å². The van der Waals surface area contributed by atoms with Crippen LogP contribution < -0.4 is 5.32 Å². The molecule has 1 aliphatic rings. The normalized spacial score (nSPS) is 13.5. The van der Waals surface area contributed by atoms with Crippen LogP contribution in [0.5, 0.6) is 5.88 Å². The van der Waals surface area contributed by atoms with Crippen molar-refractivity contribution in [3.63, 3.8) is 0 Å². The van der Waals surface area contributed by atoms with Crippen molar-refractivity contribution in [1.29, 1.82) is 0 Å². The van der Waals surface area contributed by atoms with Gasteiger partial charge in [-0.15, -0.1) is 0 Å². The molecule has 0 aliphatic heterocycles. The van der Waals surface area contributed by atoms with Crippen LogP contribution in [0.1, 0.15) is 39.3 Å². The number of aryl methyl sites for hydroxylation is 1. The number of rotatable bonds is 4. The molecule has 3 aromatic rings. The van der Waals surface area contributed by atoms with Gasteiger partial charge in [0.05, 0.1) is 23.4 Å². The van der Waals surface area contributed by atoms with Gasteiger partial charge in [0.25, 0.3) is 5.91 Å². The monoisotopic (exact) mass is 369 g/mol. The molecule has 2 aromatic heterocycles. The summed E-state index contributed by atoms with van der Waals surface area (Å²) in [5.74, 6) is -0.658. The van der Waals surface area contributed by atoms with Crippen LogP contribution in [0.4, 0.5) is 4.39 Å². The van der Waals surface area contributed by atoms with Gasteiger partial charge in [-0.05, 0) is 43.5 Å². The fourth-order valence-electron chi connectivity index (χ4n) is 3.83. The molecule has 4 rings (SSSR count). The van der Waals surface area contributed by atoms with Crippen LogP contribution in [-0.4, -0.2) is 39.2 Å². The fourth-order valence-corrected chi connectivity index (χ4v) is 3.83. The number of allylic oxidation sites excluding steroid dienone is 1. The molecule has 0 radical (unpaired) electrons. The van der Waals surface area contributed by atoms with E-state index < -0.39 is 0 Å². The Morgan fingerprint density at radius 1 is 1.33 bits per heavy atom. The summed E-state index contributed by atoms with van der Waals surface area (Å²) in [5.41, 5.74) is 4.81. The molecular formula is C20H20FN3O3. The third-order valence-electron chi connectivity index (χ3n) is 4.94. The van der Waals surface area contributed by atoms with Gasteiger partial charge in [-0.1, -0.05) is 6.08 Å². The predicted octanol–water partition coefficient (Wildman–Crippen LogP) is 2.75. The Morgan fingerprint density at radius 2 is 2.15 bits per heavy atom. The molecule has 1 aromatic carbocycles. The largest absolute Gasteiger partial charge is 0.494 e. The number of carbonyl (C=O) groups is 1. The number of halogens is 1. The first kappa shape index (κ1) is 17.4. The molecule has 5 N–H and O–H groups in total. The van der Waals surface area contributed by atoms with Crippen molar-refractivity contribution in [2.45, 2.75) is 19.8 Å². The lowest BCUT2D eigenvalue weighted by molar-refractivity contribution is 0.0943. The number of H-pyrrole nitrogens is 2. The van der Waals surface area contributed by atoms with Gasteiger partial charge in [-0.3, -0.25) is 4.79 Å². The number of aromatic nitrogens is 2. The van der Waals surface area contributed by atoms with Crippen LogP contribution >= 0.6 is 0 Å². The van der Waals surface area contributed by atoms with E-state index in [1.165, 1.54) is 12.1 Å². The fraction of sp³-hybridized carbons (Fsp3) is 0.250. The molecule has 1 aliphatic carbocycles. The highest BCUT2D eigenvalue weighted by Crippen LogP contribution is 2.41. The predicted molar refractivity (Wildman–Crippen MR) is 100 cm³/mol. The molecule has 0 fully saturated rings. The minimum atomic E-state index is -0.383. The van der Waals surface area contributed by atoms with E-state index in [-0.39, 0.29) is 30.8 Å². The molecule has 0 atom stereocenters. The molecule has 7 heteroatoms. The summed E-state index contributed by atoms with van der Waals surface area (Å²) < 4.78 is 13.8. The number of aromatic amines is 2. The number of hydrogen-bond acceptors (Lipinski definition) is 3. The van der Waals surface area contributed by atoms with Crippen molar-refractivity contribution in [2.24, 2.45) is 0 Å². The Hall–Kier alpha value is -3.06. The van der Waals surface area contributed by atoms with Crippen molar-refractivity contribution in [3.8, 4) is 5.88 Å². The highest BCUT2D eigenvalue weighted by atomic mass is 19.1. The molecule has 0 spiro atoms. The second kappa shape index (κ2) is 6.59. The second-order valence-corrected chi connectivity index (χ2v) is 6.65. The maximum Gasteiger partial charge on any atom is 0.253 e. The third kappa shape index (κ3) is 2.80. The highest BCUT2D eigenvalue weighted by Gasteiger charge is 2.28. The lowest BCUT2D eigenvalue weighted by Gasteiger charge is -2.15. The number of carbonyl (C=O) groups excluding carboxylic acids is 1. The lowest BCUT2D eigenvalue weighted by atomic mass is 9.89. The summed E-state index contributed by atoms with van der Waals surface area (Å²) in [4.78, 5) is 18.6. The number of aromatic hydroxyl groups is 1. The first-order valence-electron chi connectivity index (χ1n) is 8.83. The van der Waals surface area contributed by atoms with Gasteiger partial charge in [0.2, 0.25) is 0 Å². The van der Waals surface area contributed by atoms with E-state index in [0.717, 1.165) is 16.8 Å². The van der Waals surface area contributed by atoms with E-state index in [9.17, 15) is 14.3 Å². The second-order valence-electron chi connectivity index (χ2n) is 6.65. The van der Waals surface area contributed by atoms with Gasteiger partial charge >= 0.3 is 0 Å². The van der Waals surface area contributed by atoms with Crippen molar-refractivity contribution in [2.75, 3.05) is 13.2 Å². The van der Waals surface area contributed by atoms with E-state index in [0.29, 0.717) is 40.6 Å². The first-order valence-corrected chi connectivity index (χ1v) is 8.83. The summed E-state index contributed by atoms with van der Waals surface area (Å²) in [7, 11) is 0. The lowest BCUT2D eigenvalue weighted by Crippen LogP contribution is -2.27. The van der Waals surface area contributed by atoms with Gasteiger partial charge in [-0.2, -0.15) is 0 Å². The van der Waals surface area contributed by atoms with Gasteiger partial charge in [0.15, 0.2) is 5.88 Å². The molecule has 2 heterocycles. The van der Waals surface area contributed by atoms with Gasteiger partial charge in [-0.25, -0.2) is 4.39 Å². The molecule has 0 saturated heterocycles. The Labute approximate surface area is 154 Å². The smallest absolute Gasteiger partial charge is 0.253 e. The number of hydrogen-bond donors (Lipinski definition) is 5. The van der Waals surface area contributed by atoms with E-state index in [1.807, 2.05) is 13.0 Å². The minimum absolute atomic E-state index is 0.0340. The van der Waals surface area contributed by atoms with Crippen molar-refractivity contribution in [3.05, 3.63) is 58.2 Å². The van der Waals surface area contributed by atoms with Crippen LogP contribution in [0.3, 0.4) is 0 Å². The van der Waals surface area contributed by atoms with Crippen LogP contribution in [0.25, 0.3) is 16.5 Å². The van der Waals surface area contributed by atoms with Crippen molar-refractivity contribution < 1.29 is 19.4 Å². The number of benzene rings is 1. The number of aliphatic hydroxyl groups excluding tert-OH is 1. The summed E-state index contributed by atoms with van der Waals surface area (Å²) in [6.07, 6.45) is 3.37. The zero-order valence-corrected chi connectivity index (χ0v) is 14.8. The highest BCUT2D eigenvalue weighted by molar-refractivity contribution is 6.03. The summed E-state index contributed by atoms with van der Waals surface area (Å²) in [5, 5.41) is 22.7. The van der Waals surface area contributed by atoms with Crippen LogP contribution in [0.15, 0.2) is 24.3 Å². The van der Waals surface area contributed by atoms with Crippen LogP contribution in [0.2, 0.25) is 0 Å². The average Bonchev–Trinajstić information content (AvgIpc) is 3.14. The zero-order valence-electron chi connectivity index (χ0n) is 14.8. The SMILES string of the molecule is Cc1[nH]c2c(c1C(=O)NCCO)CCC=C2c1c(O)[nH]c2ccc(F)cc12. The summed E-state index contributed by atoms with van der Waals surface area (Å²) in [6.45, 7) is 1.87. The molecular weight excluding hydrogens is 349 g/mol. The number of fused-ring (bicyclic) bond motifs is 2. The van der Waals surface area contributed by atoms with Crippen molar-refractivity contribution in [1.82, 2.24) is 15.3 Å². The quantitative estimate of drug-likeness (QED) is 0.489. The molecule has 6 nitrogen and oxygen atoms in total. The van der Waals surface area contributed by atoms with E-state index >= 15 is 0 Å². The molecule has 0 saturated carbocycles. The summed E-state index contributed by atoms with van der Waals surface area (Å²) in [6, 6.07) is 4.32. The Morgan fingerprint density at radius 3 is 2.93 bits per heavy atom. The maximum absolute atomic E-state index is 13.8. The number of nitrogens with one attached hydrogen (secondary N) is 3. The van der Waals surface area contributed by atoms with Gasteiger partial charge in [0, 0.05) is 28.7 Å².